The number of likely N-dealkylation sites (N-methyl/N-ethyl adjacent to an activating group) is 1. The Morgan fingerprint density at radius 1 is 1.32 bits per heavy atom. The number of rotatable bonds is 6. The highest BCUT2D eigenvalue weighted by Gasteiger charge is 2.38. The number of aliphatic carboxylic acids is 1. The normalized spacial score (nSPS) is 13.2. The van der Waals surface area contributed by atoms with Crippen molar-refractivity contribution in [3.05, 3.63) is 0 Å². The summed E-state index contributed by atoms with van der Waals surface area (Å²) >= 11 is 5.04. The summed E-state index contributed by atoms with van der Waals surface area (Å²) in [5.74, 6) is -3.53. The maximum Gasteiger partial charge on any atom is 0.490 e. The lowest BCUT2D eigenvalue weighted by atomic mass is 10.1. The van der Waals surface area contributed by atoms with Crippen molar-refractivity contribution in [2.24, 2.45) is 0 Å². The molecular formula is C12H21ClF4N2O3. The van der Waals surface area contributed by atoms with Gasteiger partial charge in [-0.05, 0) is 33.9 Å². The van der Waals surface area contributed by atoms with Gasteiger partial charge in [-0.15, -0.1) is 0 Å². The van der Waals surface area contributed by atoms with E-state index < -0.39 is 29.2 Å². The molecule has 1 amide bonds. The number of carbonyl (C=O) groups is 2. The standard InChI is InChI=1S/C10H20ClFN2O.C2HF3O2/c1-5-6-14(4)7-10(2,3)13-9(15)8(11)12;3-2(4,5)1(6)7/h8H,5-7H2,1-4H3,(H,13,15);(H,6,7). The Labute approximate surface area is 131 Å². The summed E-state index contributed by atoms with van der Waals surface area (Å²) in [4.78, 5) is 22.0. The fourth-order valence-electron chi connectivity index (χ4n) is 1.56. The molecule has 0 fully saturated rings. The summed E-state index contributed by atoms with van der Waals surface area (Å²) in [6.45, 7) is 7.38. The molecule has 0 aliphatic carbocycles. The molecular weight excluding hydrogens is 332 g/mol. The van der Waals surface area contributed by atoms with E-state index in [1.165, 1.54) is 0 Å². The number of alkyl halides is 5. The Balaban J connectivity index is 0. The second kappa shape index (κ2) is 9.83. The van der Waals surface area contributed by atoms with Gasteiger partial charge in [0.1, 0.15) is 0 Å². The molecule has 0 aromatic carbocycles. The van der Waals surface area contributed by atoms with Crippen LogP contribution in [-0.4, -0.2) is 59.4 Å². The average molecular weight is 353 g/mol. The van der Waals surface area contributed by atoms with Gasteiger partial charge in [-0.25, -0.2) is 9.18 Å². The van der Waals surface area contributed by atoms with Crippen LogP contribution < -0.4 is 5.32 Å². The molecule has 0 aromatic rings. The monoisotopic (exact) mass is 352 g/mol. The van der Waals surface area contributed by atoms with Crippen molar-refractivity contribution in [1.82, 2.24) is 10.2 Å². The summed E-state index contributed by atoms with van der Waals surface area (Å²) in [6, 6.07) is 0. The van der Waals surface area contributed by atoms with Gasteiger partial charge in [-0.2, -0.15) is 13.2 Å². The first-order chi connectivity index (χ1) is 9.73. The molecule has 0 bridgehead atoms. The van der Waals surface area contributed by atoms with E-state index in [2.05, 4.69) is 17.1 Å². The van der Waals surface area contributed by atoms with E-state index in [9.17, 15) is 22.4 Å². The second-order valence-corrected chi connectivity index (χ2v) is 5.60. The smallest absolute Gasteiger partial charge is 0.475 e. The molecule has 1 atom stereocenters. The third kappa shape index (κ3) is 12.6. The fourth-order valence-corrected chi connectivity index (χ4v) is 1.62. The van der Waals surface area contributed by atoms with Crippen LogP contribution in [0.3, 0.4) is 0 Å². The minimum absolute atomic E-state index is 0.472. The Morgan fingerprint density at radius 2 is 1.73 bits per heavy atom. The molecule has 22 heavy (non-hydrogen) atoms. The molecule has 0 rings (SSSR count). The van der Waals surface area contributed by atoms with E-state index in [4.69, 9.17) is 21.5 Å². The lowest BCUT2D eigenvalue weighted by Gasteiger charge is -2.31. The highest BCUT2D eigenvalue weighted by molar-refractivity contribution is 6.29. The number of hydrogen-bond acceptors (Lipinski definition) is 3. The van der Waals surface area contributed by atoms with Gasteiger partial charge in [0, 0.05) is 12.1 Å². The van der Waals surface area contributed by atoms with Gasteiger partial charge in [-0.1, -0.05) is 18.5 Å². The van der Waals surface area contributed by atoms with Crippen LogP contribution in [0, 0.1) is 0 Å². The van der Waals surface area contributed by atoms with E-state index in [0.717, 1.165) is 13.0 Å². The Morgan fingerprint density at radius 3 is 2.00 bits per heavy atom. The highest BCUT2D eigenvalue weighted by atomic mass is 35.5. The van der Waals surface area contributed by atoms with Crippen LogP contribution in [0.15, 0.2) is 0 Å². The molecule has 1 unspecified atom stereocenters. The summed E-state index contributed by atoms with van der Waals surface area (Å²) in [5, 5.41) is 9.68. The van der Waals surface area contributed by atoms with E-state index in [0.29, 0.717) is 6.54 Å². The second-order valence-electron chi connectivity index (χ2n) is 5.21. The third-order valence-electron chi connectivity index (χ3n) is 2.17. The molecule has 0 aliphatic heterocycles. The van der Waals surface area contributed by atoms with Crippen LogP contribution in [-0.2, 0) is 9.59 Å². The Kier molecular flexibility index (Phi) is 10.4. The number of carboxylic acids is 1. The van der Waals surface area contributed by atoms with Crippen LogP contribution in [0.25, 0.3) is 0 Å². The van der Waals surface area contributed by atoms with Crippen molar-refractivity contribution in [2.45, 2.75) is 44.5 Å². The van der Waals surface area contributed by atoms with Crippen molar-refractivity contribution < 1.29 is 32.3 Å². The molecule has 0 spiro atoms. The van der Waals surface area contributed by atoms with Crippen LogP contribution >= 0.6 is 11.6 Å². The summed E-state index contributed by atoms with van der Waals surface area (Å²) in [6.07, 6.45) is -4.04. The van der Waals surface area contributed by atoms with Gasteiger partial charge in [-0.3, -0.25) is 4.79 Å². The van der Waals surface area contributed by atoms with Gasteiger partial charge in [0.25, 0.3) is 11.5 Å². The summed E-state index contributed by atoms with van der Waals surface area (Å²) in [5.41, 5.74) is -2.44. The summed E-state index contributed by atoms with van der Waals surface area (Å²) < 4.78 is 44.2. The maximum absolute atomic E-state index is 12.5. The number of hydrogen-bond donors (Lipinski definition) is 2. The van der Waals surface area contributed by atoms with Crippen LogP contribution in [0.4, 0.5) is 17.6 Å². The molecule has 10 heteroatoms. The molecule has 0 aliphatic rings. The lowest BCUT2D eigenvalue weighted by molar-refractivity contribution is -0.192. The Bertz CT molecular complexity index is 363. The lowest BCUT2D eigenvalue weighted by Crippen LogP contribution is -2.52. The number of carboxylic acid groups (broad SMARTS) is 1. The first-order valence-electron chi connectivity index (χ1n) is 6.31. The predicted molar refractivity (Wildman–Crippen MR) is 74.4 cm³/mol. The first-order valence-corrected chi connectivity index (χ1v) is 6.75. The minimum Gasteiger partial charge on any atom is -0.475 e. The van der Waals surface area contributed by atoms with Gasteiger partial charge < -0.3 is 15.3 Å². The largest absolute Gasteiger partial charge is 0.490 e. The minimum atomic E-state index is -5.08. The Hall–Kier alpha value is -1.09. The van der Waals surface area contributed by atoms with Crippen LogP contribution in [0.2, 0.25) is 0 Å². The molecule has 5 nitrogen and oxygen atoms in total. The zero-order valence-electron chi connectivity index (χ0n) is 12.8. The van der Waals surface area contributed by atoms with Gasteiger partial charge in [0.2, 0.25) is 0 Å². The number of halogens is 5. The predicted octanol–water partition coefficient (Wildman–Crippen LogP) is 2.39. The van der Waals surface area contributed by atoms with E-state index in [-0.39, 0.29) is 0 Å². The quantitative estimate of drug-likeness (QED) is 0.569. The summed E-state index contributed by atoms with van der Waals surface area (Å²) in [7, 11) is 1.96. The maximum atomic E-state index is 12.5. The topological polar surface area (TPSA) is 69.6 Å². The number of carbonyl (C=O) groups excluding carboxylic acids is 1. The van der Waals surface area contributed by atoms with Crippen molar-refractivity contribution in [1.29, 1.82) is 0 Å². The van der Waals surface area contributed by atoms with Gasteiger partial charge >= 0.3 is 12.1 Å². The zero-order valence-corrected chi connectivity index (χ0v) is 13.6. The molecule has 2 N–H and O–H groups in total. The molecule has 0 heterocycles. The molecule has 132 valence electrons. The van der Waals surface area contributed by atoms with Crippen molar-refractivity contribution in [3.63, 3.8) is 0 Å². The third-order valence-corrected chi connectivity index (χ3v) is 2.37. The van der Waals surface area contributed by atoms with Crippen molar-refractivity contribution in [2.75, 3.05) is 20.1 Å². The van der Waals surface area contributed by atoms with Crippen LogP contribution in [0.1, 0.15) is 27.2 Å². The SMILES string of the molecule is CCCN(C)CC(C)(C)NC(=O)C(F)Cl.O=C(O)C(F)(F)F. The average Bonchev–Trinajstić information content (AvgIpc) is 2.26. The number of nitrogens with zero attached hydrogens (tertiary/aromatic N) is 1. The molecule has 0 saturated heterocycles. The number of amides is 1. The number of nitrogens with one attached hydrogen (secondary N) is 1. The molecule has 0 radical (unpaired) electrons. The highest BCUT2D eigenvalue weighted by Crippen LogP contribution is 2.13. The van der Waals surface area contributed by atoms with E-state index in [1.807, 2.05) is 20.9 Å². The van der Waals surface area contributed by atoms with E-state index in [1.54, 1.807) is 0 Å². The zero-order chi connectivity index (χ0) is 18.1. The van der Waals surface area contributed by atoms with Crippen molar-refractivity contribution in [3.8, 4) is 0 Å². The molecule has 0 aromatic heterocycles. The van der Waals surface area contributed by atoms with Gasteiger partial charge in [0.05, 0.1) is 0 Å². The fraction of sp³-hybridized carbons (Fsp3) is 0.833. The van der Waals surface area contributed by atoms with Gasteiger partial charge in [0.15, 0.2) is 0 Å². The van der Waals surface area contributed by atoms with E-state index >= 15 is 0 Å². The van der Waals surface area contributed by atoms with Crippen LogP contribution in [0.5, 0.6) is 0 Å². The van der Waals surface area contributed by atoms with Crippen molar-refractivity contribution >= 4 is 23.5 Å². The first kappa shape index (κ1) is 23.2. The molecule has 0 saturated carbocycles.